The Morgan fingerprint density at radius 3 is 2.36 bits per heavy atom. The maximum absolute atomic E-state index is 13.6. The van der Waals surface area contributed by atoms with Gasteiger partial charge in [-0.1, -0.05) is 55.7 Å². The van der Waals surface area contributed by atoms with Crippen molar-refractivity contribution in [2.75, 3.05) is 13.2 Å². The third kappa shape index (κ3) is 7.74. The van der Waals surface area contributed by atoms with E-state index in [0.717, 1.165) is 42.4 Å². The van der Waals surface area contributed by atoms with Gasteiger partial charge in [0.1, 0.15) is 6.04 Å². The highest BCUT2D eigenvalue weighted by Gasteiger charge is 2.30. The fourth-order valence-electron chi connectivity index (χ4n) is 4.94. The number of nitrogens with one attached hydrogen (secondary N) is 1. The third-order valence-corrected chi connectivity index (χ3v) is 6.76. The number of amides is 2. The second-order valence-corrected chi connectivity index (χ2v) is 9.57. The van der Waals surface area contributed by atoms with E-state index in [1.165, 1.54) is 0 Å². The Morgan fingerprint density at radius 1 is 0.972 bits per heavy atom. The number of aryl methyl sites for hydroxylation is 2. The Kier molecular flexibility index (Phi) is 10.6. The SMILES string of the molecule is CCOc1ccc(CCC(=O)N(Cc2cccc(C)c2)[C@H](CC)C(=O)NC2CCCC2)cc1OCC. The molecule has 1 aliphatic rings. The van der Waals surface area contributed by atoms with Crippen LogP contribution in [0.4, 0.5) is 0 Å². The van der Waals surface area contributed by atoms with E-state index in [1.54, 1.807) is 4.90 Å². The molecule has 0 bridgehead atoms. The summed E-state index contributed by atoms with van der Waals surface area (Å²) in [4.78, 5) is 28.7. The molecule has 36 heavy (non-hydrogen) atoms. The van der Waals surface area contributed by atoms with E-state index in [9.17, 15) is 9.59 Å². The maximum Gasteiger partial charge on any atom is 0.243 e. The van der Waals surface area contributed by atoms with Gasteiger partial charge < -0.3 is 19.7 Å². The number of carbonyl (C=O) groups excluding carboxylic acids is 2. The average Bonchev–Trinajstić information content (AvgIpc) is 3.37. The van der Waals surface area contributed by atoms with Crippen molar-refractivity contribution in [1.82, 2.24) is 10.2 Å². The zero-order valence-electron chi connectivity index (χ0n) is 22.3. The number of carbonyl (C=O) groups is 2. The summed E-state index contributed by atoms with van der Waals surface area (Å²) in [6.07, 6.45) is 5.81. The van der Waals surface area contributed by atoms with Crippen LogP contribution in [-0.2, 0) is 22.6 Å². The van der Waals surface area contributed by atoms with Crippen LogP contribution in [0.25, 0.3) is 0 Å². The molecule has 1 saturated carbocycles. The average molecular weight is 495 g/mol. The highest BCUT2D eigenvalue weighted by molar-refractivity contribution is 5.88. The van der Waals surface area contributed by atoms with Crippen molar-refractivity contribution >= 4 is 11.8 Å². The lowest BCUT2D eigenvalue weighted by molar-refractivity contribution is -0.141. The Hall–Kier alpha value is -3.02. The van der Waals surface area contributed by atoms with Crippen LogP contribution in [0.2, 0.25) is 0 Å². The molecule has 0 aliphatic heterocycles. The molecule has 1 atom stereocenters. The van der Waals surface area contributed by atoms with E-state index < -0.39 is 6.04 Å². The molecule has 0 unspecified atom stereocenters. The second-order valence-electron chi connectivity index (χ2n) is 9.57. The summed E-state index contributed by atoms with van der Waals surface area (Å²) in [5.41, 5.74) is 3.19. The molecule has 1 fully saturated rings. The number of hydrogen-bond donors (Lipinski definition) is 1. The summed E-state index contributed by atoms with van der Waals surface area (Å²) in [5, 5.41) is 3.21. The van der Waals surface area contributed by atoms with Crippen molar-refractivity contribution in [3.8, 4) is 11.5 Å². The zero-order valence-corrected chi connectivity index (χ0v) is 22.3. The van der Waals surface area contributed by atoms with Crippen molar-refractivity contribution in [2.45, 2.75) is 91.3 Å². The Labute approximate surface area is 216 Å². The van der Waals surface area contributed by atoms with Crippen LogP contribution in [0.5, 0.6) is 11.5 Å². The summed E-state index contributed by atoms with van der Waals surface area (Å²) in [6.45, 7) is 9.44. The molecule has 1 aliphatic carbocycles. The second kappa shape index (κ2) is 13.9. The normalized spacial score (nSPS) is 14.3. The lowest BCUT2D eigenvalue weighted by Gasteiger charge is -2.31. The van der Waals surface area contributed by atoms with Gasteiger partial charge >= 0.3 is 0 Å². The first-order valence-electron chi connectivity index (χ1n) is 13.5. The number of hydrogen-bond acceptors (Lipinski definition) is 4. The van der Waals surface area contributed by atoms with Gasteiger partial charge in [0.2, 0.25) is 11.8 Å². The Morgan fingerprint density at radius 2 is 1.69 bits per heavy atom. The fourth-order valence-corrected chi connectivity index (χ4v) is 4.94. The summed E-state index contributed by atoms with van der Waals surface area (Å²) in [5.74, 6) is 1.36. The third-order valence-electron chi connectivity index (χ3n) is 6.76. The van der Waals surface area contributed by atoms with Gasteiger partial charge in [0.25, 0.3) is 0 Å². The molecule has 6 heteroatoms. The number of benzene rings is 2. The van der Waals surface area contributed by atoms with Gasteiger partial charge in [0.05, 0.1) is 13.2 Å². The highest BCUT2D eigenvalue weighted by Crippen LogP contribution is 2.29. The molecule has 2 amide bonds. The van der Waals surface area contributed by atoms with Crippen LogP contribution in [-0.4, -0.2) is 42.0 Å². The van der Waals surface area contributed by atoms with Crippen molar-refractivity contribution in [3.05, 3.63) is 59.2 Å². The summed E-state index contributed by atoms with van der Waals surface area (Å²) in [7, 11) is 0. The van der Waals surface area contributed by atoms with E-state index >= 15 is 0 Å². The van der Waals surface area contributed by atoms with Crippen LogP contribution in [0.15, 0.2) is 42.5 Å². The lowest BCUT2D eigenvalue weighted by atomic mass is 10.0. The first-order chi connectivity index (χ1) is 17.4. The van der Waals surface area contributed by atoms with Gasteiger partial charge in [0.15, 0.2) is 11.5 Å². The van der Waals surface area contributed by atoms with Gasteiger partial charge in [0, 0.05) is 19.0 Å². The fraction of sp³-hybridized carbons (Fsp3) is 0.533. The van der Waals surface area contributed by atoms with E-state index in [1.807, 2.05) is 64.1 Å². The van der Waals surface area contributed by atoms with Gasteiger partial charge in [-0.05, 0) is 69.7 Å². The molecule has 3 rings (SSSR count). The van der Waals surface area contributed by atoms with Gasteiger partial charge in [-0.2, -0.15) is 0 Å². The van der Waals surface area contributed by atoms with Crippen LogP contribution in [0, 0.1) is 6.92 Å². The quantitative estimate of drug-likeness (QED) is 0.394. The monoisotopic (exact) mass is 494 g/mol. The van der Waals surface area contributed by atoms with Crippen LogP contribution < -0.4 is 14.8 Å². The predicted octanol–water partition coefficient (Wildman–Crippen LogP) is 5.59. The van der Waals surface area contributed by atoms with Crippen molar-refractivity contribution < 1.29 is 19.1 Å². The highest BCUT2D eigenvalue weighted by atomic mass is 16.5. The van der Waals surface area contributed by atoms with Gasteiger partial charge in [-0.15, -0.1) is 0 Å². The van der Waals surface area contributed by atoms with Crippen molar-refractivity contribution in [2.24, 2.45) is 0 Å². The Bertz CT molecular complexity index is 1000. The van der Waals surface area contributed by atoms with E-state index in [2.05, 4.69) is 11.4 Å². The molecule has 6 nitrogen and oxygen atoms in total. The Balaban J connectivity index is 1.76. The van der Waals surface area contributed by atoms with Crippen molar-refractivity contribution in [3.63, 3.8) is 0 Å². The summed E-state index contributed by atoms with van der Waals surface area (Å²) in [6, 6.07) is 13.7. The molecule has 1 N–H and O–H groups in total. The van der Waals surface area contributed by atoms with E-state index in [0.29, 0.717) is 50.5 Å². The molecule has 0 saturated heterocycles. The minimum Gasteiger partial charge on any atom is -0.490 e. The lowest BCUT2D eigenvalue weighted by Crippen LogP contribution is -2.51. The van der Waals surface area contributed by atoms with Crippen LogP contribution in [0.3, 0.4) is 0 Å². The first kappa shape index (κ1) is 27.6. The topological polar surface area (TPSA) is 67.9 Å². The molecule has 2 aromatic carbocycles. The largest absolute Gasteiger partial charge is 0.490 e. The molecule has 0 spiro atoms. The summed E-state index contributed by atoms with van der Waals surface area (Å²) < 4.78 is 11.4. The number of nitrogens with zero attached hydrogens (tertiary/aromatic N) is 1. The molecule has 2 aromatic rings. The number of rotatable bonds is 13. The smallest absolute Gasteiger partial charge is 0.243 e. The number of ether oxygens (including phenoxy) is 2. The minimum absolute atomic E-state index is 0.0169. The van der Waals surface area contributed by atoms with Crippen molar-refractivity contribution in [1.29, 1.82) is 0 Å². The maximum atomic E-state index is 13.6. The van der Waals surface area contributed by atoms with Gasteiger partial charge in [-0.3, -0.25) is 9.59 Å². The summed E-state index contributed by atoms with van der Waals surface area (Å²) >= 11 is 0. The minimum atomic E-state index is -0.488. The van der Waals surface area contributed by atoms with E-state index in [-0.39, 0.29) is 17.9 Å². The van der Waals surface area contributed by atoms with Gasteiger partial charge in [-0.25, -0.2) is 0 Å². The standard InChI is InChI=1S/C30H42N2O4/c1-5-26(30(34)31-25-13-8-9-14-25)32(21-24-12-10-11-22(4)19-24)29(33)18-16-23-15-17-27(35-6-2)28(20-23)36-7-3/h10-12,15,17,19-20,25-26H,5-9,13-14,16,18,21H2,1-4H3,(H,31,34)/t26-/m1/s1. The molecular weight excluding hydrogens is 452 g/mol. The predicted molar refractivity (Wildman–Crippen MR) is 143 cm³/mol. The van der Waals surface area contributed by atoms with Crippen LogP contribution in [0.1, 0.15) is 76.0 Å². The molecule has 196 valence electrons. The van der Waals surface area contributed by atoms with Crippen LogP contribution >= 0.6 is 0 Å². The molecule has 0 aromatic heterocycles. The molecule has 0 radical (unpaired) electrons. The first-order valence-corrected chi connectivity index (χ1v) is 13.5. The molecule has 0 heterocycles. The van der Waals surface area contributed by atoms with E-state index in [4.69, 9.17) is 9.47 Å². The molecular formula is C30H42N2O4. The zero-order chi connectivity index (χ0) is 25.9.